The third-order valence-corrected chi connectivity index (χ3v) is 7.52. The predicted octanol–water partition coefficient (Wildman–Crippen LogP) is 7.09. The van der Waals surface area contributed by atoms with E-state index in [-0.39, 0.29) is 11.5 Å². The molecule has 40 heavy (non-hydrogen) atoms. The number of nitro groups is 1. The van der Waals surface area contributed by atoms with Crippen LogP contribution in [0.3, 0.4) is 0 Å². The van der Waals surface area contributed by atoms with Gasteiger partial charge in [0.1, 0.15) is 5.82 Å². The molecule has 0 saturated carbocycles. The third kappa shape index (κ3) is 6.04. The molecule has 0 aliphatic heterocycles. The summed E-state index contributed by atoms with van der Waals surface area (Å²) in [7, 11) is 0. The highest BCUT2D eigenvalue weighted by Crippen LogP contribution is 2.27. The van der Waals surface area contributed by atoms with Crippen molar-refractivity contribution in [2.45, 2.75) is 13.3 Å². The Bertz CT molecular complexity index is 1790. The zero-order valence-corrected chi connectivity index (χ0v) is 23.4. The summed E-state index contributed by atoms with van der Waals surface area (Å²) in [6.45, 7) is 2.12. The quantitative estimate of drug-likeness (QED) is 0.109. The standard InChI is InChI=1S/C28H21Cl2FN6O2S/c1-18-2-3-20(14-26(18)37(38)39)27-17-40-28(32-12-10-19-4-5-21(29)15-25(19)30)36(27)34-16-24-11-13-33-35(24)23-8-6-22(31)7-9-23/h2-9,11,13-17H,10,12H2,1H3/b32-28?,34-16+. The molecule has 12 heteroatoms. The molecule has 0 saturated heterocycles. The minimum absolute atomic E-state index is 0.0180. The van der Waals surface area contributed by atoms with Gasteiger partial charge in [-0.2, -0.15) is 10.2 Å². The van der Waals surface area contributed by atoms with Gasteiger partial charge in [0.2, 0.25) is 4.80 Å². The summed E-state index contributed by atoms with van der Waals surface area (Å²) >= 11 is 13.7. The predicted molar refractivity (Wildman–Crippen MR) is 156 cm³/mol. The van der Waals surface area contributed by atoms with E-state index in [0.29, 0.717) is 56.0 Å². The van der Waals surface area contributed by atoms with Crippen LogP contribution in [0.5, 0.6) is 0 Å². The molecule has 0 aliphatic carbocycles. The average molecular weight is 595 g/mol. The van der Waals surface area contributed by atoms with Gasteiger partial charge in [0.15, 0.2) is 0 Å². The van der Waals surface area contributed by atoms with E-state index in [9.17, 15) is 14.5 Å². The van der Waals surface area contributed by atoms with Gasteiger partial charge in [-0.25, -0.2) is 13.7 Å². The molecule has 5 rings (SSSR count). The summed E-state index contributed by atoms with van der Waals surface area (Å²) in [6.07, 6.45) is 3.82. The number of nitrogens with zero attached hydrogens (tertiary/aromatic N) is 6. The van der Waals surface area contributed by atoms with Crippen molar-refractivity contribution < 1.29 is 9.31 Å². The Labute approximate surface area is 242 Å². The van der Waals surface area contributed by atoms with Crippen LogP contribution in [0, 0.1) is 22.9 Å². The second-order valence-electron chi connectivity index (χ2n) is 8.73. The second-order valence-corrected chi connectivity index (χ2v) is 10.4. The molecule has 0 spiro atoms. The van der Waals surface area contributed by atoms with Gasteiger partial charge < -0.3 is 0 Å². The van der Waals surface area contributed by atoms with Crippen LogP contribution in [0.2, 0.25) is 10.0 Å². The lowest BCUT2D eigenvalue weighted by atomic mass is 10.1. The monoisotopic (exact) mass is 594 g/mol. The van der Waals surface area contributed by atoms with Crippen molar-refractivity contribution in [3.8, 4) is 16.9 Å². The lowest BCUT2D eigenvalue weighted by Gasteiger charge is -2.07. The van der Waals surface area contributed by atoms with Crippen LogP contribution in [-0.2, 0) is 6.42 Å². The minimum Gasteiger partial charge on any atom is -0.258 e. The number of aryl methyl sites for hydroxylation is 1. The van der Waals surface area contributed by atoms with E-state index < -0.39 is 4.92 Å². The van der Waals surface area contributed by atoms with Crippen molar-refractivity contribution in [1.29, 1.82) is 0 Å². The van der Waals surface area contributed by atoms with Crippen LogP contribution >= 0.6 is 34.5 Å². The summed E-state index contributed by atoms with van der Waals surface area (Å²) in [5, 5.41) is 23.6. The number of nitro benzene ring substituents is 1. The van der Waals surface area contributed by atoms with E-state index in [2.05, 4.69) is 5.10 Å². The summed E-state index contributed by atoms with van der Waals surface area (Å²) < 4.78 is 16.7. The van der Waals surface area contributed by atoms with Gasteiger partial charge in [0.05, 0.1) is 34.4 Å². The summed E-state index contributed by atoms with van der Waals surface area (Å²) in [5.41, 5.74) is 4.07. The Kier molecular flexibility index (Phi) is 8.20. The first-order valence-corrected chi connectivity index (χ1v) is 13.7. The normalized spacial score (nSPS) is 11.9. The zero-order valence-electron chi connectivity index (χ0n) is 21.0. The van der Waals surface area contributed by atoms with Crippen LogP contribution in [0.1, 0.15) is 16.8 Å². The molecule has 0 radical (unpaired) electrons. The zero-order chi connectivity index (χ0) is 28.2. The molecular formula is C28H21Cl2FN6O2S. The molecule has 3 aromatic carbocycles. The lowest BCUT2D eigenvalue weighted by molar-refractivity contribution is -0.385. The number of thiazole rings is 1. The van der Waals surface area contributed by atoms with Crippen LogP contribution in [0.4, 0.5) is 10.1 Å². The number of rotatable bonds is 8. The van der Waals surface area contributed by atoms with Crippen molar-refractivity contribution in [2.24, 2.45) is 10.1 Å². The first kappa shape index (κ1) is 27.4. The Morgan fingerprint density at radius 2 is 1.90 bits per heavy atom. The Morgan fingerprint density at radius 3 is 2.65 bits per heavy atom. The maximum absolute atomic E-state index is 13.4. The summed E-state index contributed by atoms with van der Waals surface area (Å²) in [4.78, 5) is 16.5. The van der Waals surface area contributed by atoms with E-state index in [4.69, 9.17) is 33.3 Å². The van der Waals surface area contributed by atoms with Gasteiger partial charge in [-0.1, -0.05) is 41.4 Å². The van der Waals surface area contributed by atoms with E-state index in [0.717, 1.165) is 5.56 Å². The molecule has 0 aliphatic rings. The Hall–Kier alpha value is -4.12. The molecule has 2 aromatic heterocycles. The first-order valence-electron chi connectivity index (χ1n) is 12.0. The Balaban J connectivity index is 1.54. The fourth-order valence-electron chi connectivity index (χ4n) is 4.01. The average Bonchev–Trinajstić information content (AvgIpc) is 3.56. The fraction of sp³-hybridized carbons (Fsp3) is 0.107. The topological polar surface area (TPSA) is 90.6 Å². The van der Waals surface area contributed by atoms with Crippen molar-refractivity contribution in [1.82, 2.24) is 14.5 Å². The van der Waals surface area contributed by atoms with Crippen molar-refractivity contribution in [3.05, 3.63) is 126 Å². The first-order chi connectivity index (χ1) is 19.3. The largest absolute Gasteiger partial charge is 0.272 e. The van der Waals surface area contributed by atoms with Crippen molar-refractivity contribution in [2.75, 3.05) is 6.54 Å². The lowest BCUT2D eigenvalue weighted by Crippen LogP contribution is -2.14. The number of aromatic nitrogens is 3. The fourth-order valence-corrected chi connectivity index (χ4v) is 5.37. The number of hydrogen-bond donors (Lipinski definition) is 0. The number of benzene rings is 3. The van der Waals surface area contributed by atoms with Crippen LogP contribution in [-0.4, -0.2) is 32.1 Å². The molecule has 0 N–H and O–H groups in total. The molecule has 202 valence electrons. The molecule has 2 heterocycles. The molecule has 8 nitrogen and oxygen atoms in total. The SMILES string of the molecule is Cc1ccc(-c2csc(=NCCc3ccc(Cl)cc3Cl)n2/N=C/c2ccnn2-c2ccc(F)cc2)cc1[N+](=O)[O-]. The molecule has 0 bridgehead atoms. The van der Waals surface area contributed by atoms with E-state index in [1.165, 1.54) is 29.5 Å². The molecule has 0 unspecified atom stereocenters. The van der Waals surface area contributed by atoms with E-state index in [1.807, 2.05) is 17.5 Å². The highest BCUT2D eigenvalue weighted by Gasteiger charge is 2.15. The van der Waals surface area contributed by atoms with E-state index >= 15 is 0 Å². The number of halogens is 3. The second kappa shape index (κ2) is 12.0. The van der Waals surface area contributed by atoms with Gasteiger partial charge in [-0.3, -0.25) is 15.1 Å². The smallest absolute Gasteiger partial charge is 0.258 e. The van der Waals surface area contributed by atoms with Gasteiger partial charge in [-0.15, -0.1) is 11.3 Å². The van der Waals surface area contributed by atoms with Crippen LogP contribution in [0.15, 0.2) is 88.4 Å². The molecule has 5 aromatic rings. The molecule has 0 fully saturated rings. The van der Waals surface area contributed by atoms with Crippen LogP contribution in [0.25, 0.3) is 16.9 Å². The van der Waals surface area contributed by atoms with Crippen molar-refractivity contribution >= 4 is 46.4 Å². The van der Waals surface area contributed by atoms with Gasteiger partial charge in [-0.05, 0) is 61.4 Å². The molecular weight excluding hydrogens is 574 g/mol. The van der Waals surface area contributed by atoms with Crippen LogP contribution < -0.4 is 4.80 Å². The maximum Gasteiger partial charge on any atom is 0.272 e. The molecule has 0 amide bonds. The Morgan fingerprint density at radius 1 is 1.10 bits per heavy atom. The summed E-state index contributed by atoms with van der Waals surface area (Å²) in [6, 6.07) is 18.1. The van der Waals surface area contributed by atoms with Gasteiger partial charge >= 0.3 is 0 Å². The van der Waals surface area contributed by atoms with E-state index in [1.54, 1.807) is 65.1 Å². The van der Waals surface area contributed by atoms with Gasteiger partial charge in [0, 0.05) is 39.2 Å². The number of hydrogen-bond acceptors (Lipinski definition) is 6. The maximum atomic E-state index is 13.4. The highest BCUT2D eigenvalue weighted by atomic mass is 35.5. The highest BCUT2D eigenvalue weighted by molar-refractivity contribution is 7.07. The third-order valence-electron chi connectivity index (χ3n) is 6.08. The molecule has 0 atom stereocenters. The van der Waals surface area contributed by atoms with Crippen molar-refractivity contribution in [3.63, 3.8) is 0 Å². The minimum atomic E-state index is -0.402. The summed E-state index contributed by atoms with van der Waals surface area (Å²) in [5.74, 6) is -0.345. The van der Waals surface area contributed by atoms with Gasteiger partial charge in [0.25, 0.3) is 5.69 Å².